The van der Waals surface area contributed by atoms with Crippen LogP contribution in [0.1, 0.15) is 21.5 Å². The van der Waals surface area contributed by atoms with E-state index >= 15 is 0 Å². The van der Waals surface area contributed by atoms with Crippen molar-refractivity contribution in [2.24, 2.45) is 0 Å². The van der Waals surface area contributed by atoms with E-state index in [9.17, 15) is 9.59 Å². The molecule has 0 N–H and O–H groups in total. The fourth-order valence-corrected chi connectivity index (χ4v) is 2.35. The first-order valence-corrected chi connectivity index (χ1v) is 6.42. The number of benzene rings is 2. The van der Waals surface area contributed by atoms with Crippen molar-refractivity contribution in [3.8, 4) is 0 Å². The van der Waals surface area contributed by atoms with E-state index in [2.05, 4.69) is 4.74 Å². The molecule has 4 heteroatoms. The van der Waals surface area contributed by atoms with Crippen LogP contribution >= 0.6 is 0 Å². The van der Waals surface area contributed by atoms with Gasteiger partial charge in [0.1, 0.15) is 0 Å². The fourth-order valence-electron chi connectivity index (χ4n) is 2.35. The number of carbonyl (C=O) groups excluding carboxylic acids is 2. The Morgan fingerprint density at radius 1 is 0.905 bits per heavy atom. The number of ether oxygens (including phenoxy) is 2. The second-order valence-electron chi connectivity index (χ2n) is 4.50. The summed E-state index contributed by atoms with van der Waals surface area (Å²) in [7, 11) is 1.23. The van der Waals surface area contributed by atoms with Crippen LogP contribution < -0.4 is 0 Å². The van der Waals surface area contributed by atoms with E-state index in [0.717, 1.165) is 0 Å². The van der Waals surface area contributed by atoms with Gasteiger partial charge in [-0.2, -0.15) is 0 Å². The summed E-state index contributed by atoms with van der Waals surface area (Å²) in [4.78, 5) is 24.1. The van der Waals surface area contributed by atoms with Crippen molar-refractivity contribution in [1.29, 1.82) is 0 Å². The molecule has 21 heavy (non-hydrogen) atoms. The minimum atomic E-state index is -0.845. The molecule has 0 saturated heterocycles. The minimum Gasteiger partial charge on any atom is -0.437 e. The van der Waals surface area contributed by atoms with E-state index in [-0.39, 0.29) is 11.5 Å². The number of fused-ring (bicyclic) bond motifs is 1. The monoisotopic (exact) mass is 280 g/mol. The second kappa shape index (κ2) is 5.25. The summed E-state index contributed by atoms with van der Waals surface area (Å²) in [5.74, 6) is 0.0874. The van der Waals surface area contributed by atoms with Crippen molar-refractivity contribution in [2.45, 2.75) is 0 Å². The van der Waals surface area contributed by atoms with Gasteiger partial charge in [0.05, 0.1) is 12.7 Å². The highest BCUT2D eigenvalue weighted by atomic mass is 16.7. The van der Waals surface area contributed by atoms with Crippen LogP contribution in [0.2, 0.25) is 0 Å². The molecule has 2 aromatic carbocycles. The minimum absolute atomic E-state index is 0.157. The van der Waals surface area contributed by atoms with Crippen LogP contribution in [0, 0.1) is 0 Å². The molecule has 0 aromatic heterocycles. The molecule has 0 unspecified atom stereocenters. The van der Waals surface area contributed by atoms with Gasteiger partial charge >= 0.3 is 6.16 Å². The SMILES string of the molecule is COC(=O)OC1=C(c2ccccc2)C(=O)c2ccccc21. The normalized spacial score (nSPS) is 13.1. The number of allylic oxidation sites excluding steroid dienone is 1. The summed E-state index contributed by atoms with van der Waals surface area (Å²) < 4.78 is 9.76. The number of hydrogen-bond acceptors (Lipinski definition) is 4. The summed E-state index contributed by atoms with van der Waals surface area (Å²) in [6, 6.07) is 16.2. The Morgan fingerprint density at radius 3 is 2.19 bits per heavy atom. The van der Waals surface area contributed by atoms with Crippen molar-refractivity contribution in [2.75, 3.05) is 7.11 Å². The predicted molar refractivity (Wildman–Crippen MR) is 77.5 cm³/mol. The Kier molecular flexibility index (Phi) is 3.28. The van der Waals surface area contributed by atoms with Crippen molar-refractivity contribution in [3.63, 3.8) is 0 Å². The molecule has 0 bridgehead atoms. The van der Waals surface area contributed by atoms with Gasteiger partial charge in [0, 0.05) is 11.1 Å². The molecule has 0 saturated carbocycles. The summed E-state index contributed by atoms with van der Waals surface area (Å²) in [6.07, 6.45) is -0.845. The molecule has 0 amide bonds. The third-order valence-corrected chi connectivity index (χ3v) is 3.28. The van der Waals surface area contributed by atoms with Crippen molar-refractivity contribution in [3.05, 3.63) is 71.3 Å². The first kappa shape index (κ1) is 13.1. The van der Waals surface area contributed by atoms with Crippen LogP contribution in [-0.2, 0) is 9.47 Å². The van der Waals surface area contributed by atoms with Crippen molar-refractivity contribution in [1.82, 2.24) is 0 Å². The van der Waals surface area contributed by atoms with Crippen LogP contribution in [0.4, 0.5) is 4.79 Å². The van der Waals surface area contributed by atoms with Crippen LogP contribution in [0.15, 0.2) is 54.6 Å². The van der Waals surface area contributed by atoms with E-state index < -0.39 is 6.16 Å². The second-order valence-corrected chi connectivity index (χ2v) is 4.50. The molecular formula is C17H12O4. The first-order valence-electron chi connectivity index (χ1n) is 6.42. The molecular weight excluding hydrogens is 268 g/mol. The van der Waals surface area contributed by atoms with E-state index in [0.29, 0.717) is 22.3 Å². The van der Waals surface area contributed by atoms with Gasteiger partial charge in [0.25, 0.3) is 0 Å². The highest BCUT2D eigenvalue weighted by Crippen LogP contribution is 2.38. The molecule has 0 radical (unpaired) electrons. The van der Waals surface area contributed by atoms with Crippen LogP contribution in [0.3, 0.4) is 0 Å². The maximum atomic E-state index is 12.6. The first-order chi connectivity index (χ1) is 10.2. The molecule has 0 fully saturated rings. The molecule has 0 spiro atoms. The third-order valence-electron chi connectivity index (χ3n) is 3.28. The molecule has 0 atom stereocenters. The standard InChI is InChI=1S/C17H12O4/c1-20-17(19)21-16-13-10-6-5-9-12(13)15(18)14(16)11-7-3-2-4-8-11/h2-10H,1H3. The Morgan fingerprint density at radius 2 is 1.52 bits per heavy atom. The lowest BCUT2D eigenvalue weighted by molar-refractivity contribution is 0.105. The van der Waals surface area contributed by atoms with Gasteiger partial charge in [-0.25, -0.2) is 4.79 Å². The Balaban J connectivity index is 2.19. The van der Waals surface area contributed by atoms with Gasteiger partial charge in [-0.05, 0) is 5.56 Å². The average Bonchev–Trinajstić information content (AvgIpc) is 2.81. The maximum absolute atomic E-state index is 12.6. The maximum Gasteiger partial charge on any atom is 0.513 e. The lowest BCUT2D eigenvalue weighted by Gasteiger charge is -2.07. The van der Waals surface area contributed by atoms with Gasteiger partial charge in [-0.1, -0.05) is 54.6 Å². The summed E-state index contributed by atoms with van der Waals surface area (Å²) in [5.41, 5.74) is 2.21. The number of methoxy groups -OCH3 is 1. The highest BCUT2D eigenvalue weighted by Gasteiger charge is 2.33. The van der Waals surface area contributed by atoms with E-state index in [4.69, 9.17) is 4.74 Å². The molecule has 3 rings (SSSR count). The summed E-state index contributed by atoms with van der Waals surface area (Å²) in [5, 5.41) is 0. The van der Waals surface area contributed by atoms with Gasteiger partial charge in [-0.3, -0.25) is 4.79 Å². The fraction of sp³-hybridized carbons (Fsp3) is 0.0588. The Labute approximate surface area is 121 Å². The molecule has 1 aliphatic carbocycles. The van der Waals surface area contributed by atoms with Crippen LogP contribution in [-0.4, -0.2) is 19.0 Å². The quantitative estimate of drug-likeness (QED) is 0.790. The van der Waals surface area contributed by atoms with Crippen LogP contribution in [0.25, 0.3) is 11.3 Å². The Bertz CT molecular complexity index is 744. The van der Waals surface area contributed by atoms with Gasteiger partial charge in [0.15, 0.2) is 11.5 Å². The number of carbonyl (C=O) groups is 2. The lowest BCUT2D eigenvalue weighted by atomic mass is 10.0. The third kappa shape index (κ3) is 2.21. The van der Waals surface area contributed by atoms with Crippen molar-refractivity contribution < 1.29 is 19.1 Å². The van der Waals surface area contributed by atoms with Gasteiger partial charge in [0.2, 0.25) is 0 Å². The number of Topliss-reactive ketones (excluding diaryl/α,β-unsaturated/α-hetero) is 1. The van der Waals surface area contributed by atoms with E-state index in [1.165, 1.54) is 7.11 Å². The predicted octanol–water partition coefficient (Wildman–Crippen LogP) is 3.53. The van der Waals surface area contributed by atoms with Gasteiger partial charge in [-0.15, -0.1) is 0 Å². The molecule has 0 heterocycles. The highest BCUT2D eigenvalue weighted by molar-refractivity contribution is 6.39. The summed E-state index contributed by atoms with van der Waals surface area (Å²) >= 11 is 0. The van der Waals surface area contributed by atoms with Gasteiger partial charge < -0.3 is 9.47 Å². The zero-order valence-electron chi connectivity index (χ0n) is 11.3. The molecule has 4 nitrogen and oxygen atoms in total. The molecule has 104 valence electrons. The largest absolute Gasteiger partial charge is 0.513 e. The Hall–Kier alpha value is -2.88. The topological polar surface area (TPSA) is 52.6 Å². The zero-order chi connectivity index (χ0) is 14.8. The number of ketones is 1. The molecule has 1 aliphatic rings. The van der Waals surface area contributed by atoms with E-state index in [1.54, 1.807) is 36.4 Å². The smallest absolute Gasteiger partial charge is 0.437 e. The number of hydrogen-bond donors (Lipinski definition) is 0. The molecule has 0 aliphatic heterocycles. The van der Waals surface area contributed by atoms with Crippen molar-refractivity contribution >= 4 is 23.3 Å². The average molecular weight is 280 g/mol. The lowest BCUT2D eigenvalue weighted by Crippen LogP contribution is -2.04. The number of rotatable bonds is 2. The van der Waals surface area contributed by atoms with Crippen LogP contribution in [0.5, 0.6) is 0 Å². The summed E-state index contributed by atoms with van der Waals surface area (Å²) in [6.45, 7) is 0. The van der Waals surface area contributed by atoms with E-state index in [1.807, 2.05) is 18.2 Å². The molecule has 2 aromatic rings. The zero-order valence-corrected chi connectivity index (χ0v) is 11.3.